The lowest BCUT2D eigenvalue weighted by atomic mass is 10.0. The fourth-order valence-corrected chi connectivity index (χ4v) is 2.08. The van der Waals surface area contributed by atoms with Crippen LogP contribution in [0.3, 0.4) is 0 Å². The summed E-state index contributed by atoms with van der Waals surface area (Å²) in [6, 6.07) is 10.4. The summed E-state index contributed by atoms with van der Waals surface area (Å²) in [5.41, 5.74) is 1.99. The van der Waals surface area contributed by atoms with Crippen LogP contribution in [0.2, 0.25) is 0 Å². The van der Waals surface area contributed by atoms with Gasteiger partial charge in [0.25, 0.3) is 0 Å². The molecule has 0 heterocycles. The lowest BCUT2D eigenvalue weighted by molar-refractivity contribution is 0.174. The van der Waals surface area contributed by atoms with Crippen molar-refractivity contribution in [2.75, 3.05) is 11.4 Å². The first kappa shape index (κ1) is 14.5. The standard InChI is InChI=1S/C15H22N2O/c1-4-15(18)13-8-5-6-9-14(13)17(12(2)3)11-7-10-16/h5-6,8-9,12,15,18H,4,7,11H2,1-3H3/t15-/m0/s1. The lowest BCUT2D eigenvalue weighted by Gasteiger charge is -2.31. The SMILES string of the molecule is CC[C@H](O)c1ccccc1N(CCC#N)C(C)C. The minimum absolute atomic E-state index is 0.309. The van der Waals surface area contributed by atoms with Crippen LogP contribution in [0.1, 0.15) is 45.3 Å². The molecule has 1 N–H and O–H groups in total. The van der Waals surface area contributed by atoms with Crippen molar-refractivity contribution in [3.63, 3.8) is 0 Å². The second kappa shape index (κ2) is 7.03. The molecule has 0 aliphatic rings. The number of rotatable bonds is 6. The van der Waals surface area contributed by atoms with Gasteiger partial charge in [0.2, 0.25) is 0 Å². The molecule has 0 amide bonds. The zero-order valence-corrected chi connectivity index (χ0v) is 11.4. The van der Waals surface area contributed by atoms with Gasteiger partial charge in [-0.05, 0) is 26.3 Å². The van der Waals surface area contributed by atoms with Crippen molar-refractivity contribution in [2.24, 2.45) is 0 Å². The van der Waals surface area contributed by atoms with Crippen molar-refractivity contribution in [3.8, 4) is 6.07 Å². The summed E-state index contributed by atoms with van der Waals surface area (Å²) in [6.07, 6.45) is 0.750. The van der Waals surface area contributed by atoms with Gasteiger partial charge in [-0.25, -0.2) is 0 Å². The monoisotopic (exact) mass is 246 g/mol. The van der Waals surface area contributed by atoms with Gasteiger partial charge in [0, 0.05) is 23.8 Å². The number of anilines is 1. The summed E-state index contributed by atoms with van der Waals surface area (Å²) in [4.78, 5) is 2.18. The van der Waals surface area contributed by atoms with Crippen molar-refractivity contribution in [2.45, 2.75) is 45.8 Å². The molecule has 3 nitrogen and oxygen atoms in total. The maximum atomic E-state index is 10.1. The van der Waals surface area contributed by atoms with Gasteiger partial charge in [-0.15, -0.1) is 0 Å². The van der Waals surface area contributed by atoms with Crippen LogP contribution in [0, 0.1) is 11.3 Å². The molecule has 0 aliphatic heterocycles. The number of benzene rings is 1. The number of hydrogen-bond acceptors (Lipinski definition) is 3. The van der Waals surface area contributed by atoms with Crippen molar-refractivity contribution in [1.29, 1.82) is 5.26 Å². The largest absolute Gasteiger partial charge is 0.388 e. The molecular formula is C15H22N2O. The van der Waals surface area contributed by atoms with E-state index in [0.29, 0.717) is 25.4 Å². The van der Waals surface area contributed by atoms with Crippen molar-refractivity contribution in [3.05, 3.63) is 29.8 Å². The predicted molar refractivity (Wildman–Crippen MR) is 74.4 cm³/mol. The van der Waals surface area contributed by atoms with Gasteiger partial charge in [-0.2, -0.15) is 5.26 Å². The topological polar surface area (TPSA) is 47.3 Å². The van der Waals surface area contributed by atoms with E-state index in [0.717, 1.165) is 11.3 Å². The van der Waals surface area contributed by atoms with Gasteiger partial charge in [0.05, 0.1) is 18.6 Å². The molecule has 0 bridgehead atoms. The minimum Gasteiger partial charge on any atom is -0.388 e. The summed E-state index contributed by atoms with van der Waals surface area (Å²) in [7, 11) is 0. The number of nitriles is 1. The molecule has 0 radical (unpaired) electrons. The third kappa shape index (κ3) is 3.48. The molecule has 98 valence electrons. The zero-order chi connectivity index (χ0) is 13.5. The van der Waals surface area contributed by atoms with Gasteiger partial charge in [-0.1, -0.05) is 25.1 Å². The maximum absolute atomic E-state index is 10.1. The zero-order valence-electron chi connectivity index (χ0n) is 11.4. The van der Waals surface area contributed by atoms with Crippen LogP contribution in [0.4, 0.5) is 5.69 Å². The summed E-state index contributed by atoms with van der Waals surface area (Å²) < 4.78 is 0. The highest BCUT2D eigenvalue weighted by atomic mass is 16.3. The Kier molecular flexibility index (Phi) is 5.67. The Labute approximate surface area is 110 Å². The highest BCUT2D eigenvalue weighted by molar-refractivity contribution is 5.55. The molecule has 0 unspecified atom stereocenters. The van der Waals surface area contributed by atoms with Crippen LogP contribution in [-0.4, -0.2) is 17.7 Å². The van der Waals surface area contributed by atoms with Crippen LogP contribution >= 0.6 is 0 Å². The molecule has 0 fully saturated rings. The minimum atomic E-state index is -0.440. The Hall–Kier alpha value is -1.53. The molecule has 18 heavy (non-hydrogen) atoms. The first-order valence-corrected chi connectivity index (χ1v) is 6.52. The molecular weight excluding hydrogens is 224 g/mol. The van der Waals surface area contributed by atoms with E-state index >= 15 is 0 Å². The number of aliphatic hydroxyl groups is 1. The van der Waals surface area contributed by atoms with E-state index < -0.39 is 6.10 Å². The highest BCUT2D eigenvalue weighted by Crippen LogP contribution is 2.29. The van der Waals surface area contributed by atoms with E-state index in [9.17, 15) is 5.11 Å². The van der Waals surface area contributed by atoms with Crippen LogP contribution < -0.4 is 4.90 Å². The van der Waals surface area contributed by atoms with E-state index in [2.05, 4.69) is 24.8 Å². The van der Waals surface area contributed by atoms with E-state index in [1.54, 1.807) is 0 Å². The average molecular weight is 246 g/mol. The Bertz CT molecular complexity index is 409. The molecule has 0 aliphatic carbocycles. The lowest BCUT2D eigenvalue weighted by Crippen LogP contribution is -2.32. The molecule has 0 spiro atoms. The normalized spacial score (nSPS) is 12.2. The average Bonchev–Trinajstić information content (AvgIpc) is 2.38. The second-order valence-corrected chi connectivity index (χ2v) is 4.68. The molecule has 0 saturated heterocycles. The highest BCUT2D eigenvalue weighted by Gasteiger charge is 2.17. The Balaban J connectivity index is 3.07. The van der Waals surface area contributed by atoms with Gasteiger partial charge in [0.1, 0.15) is 0 Å². The predicted octanol–water partition coefficient (Wildman–Crippen LogP) is 3.26. The van der Waals surface area contributed by atoms with Crippen LogP contribution in [0.5, 0.6) is 0 Å². The second-order valence-electron chi connectivity index (χ2n) is 4.68. The number of aliphatic hydroxyl groups excluding tert-OH is 1. The Morgan fingerprint density at radius 3 is 2.56 bits per heavy atom. The molecule has 1 aromatic rings. The van der Waals surface area contributed by atoms with Gasteiger partial charge < -0.3 is 10.0 Å². The van der Waals surface area contributed by atoms with E-state index in [4.69, 9.17) is 5.26 Å². The maximum Gasteiger partial charge on any atom is 0.0807 e. The van der Waals surface area contributed by atoms with Gasteiger partial charge in [0.15, 0.2) is 0 Å². The van der Waals surface area contributed by atoms with E-state index in [-0.39, 0.29) is 0 Å². The van der Waals surface area contributed by atoms with Crippen molar-refractivity contribution in [1.82, 2.24) is 0 Å². The molecule has 1 atom stereocenters. The first-order chi connectivity index (χ1) is 8.61. The third-order valence-corrected chi connectivity index (χ3v) is 3.08. The number of para-hydroxylation sites is 1. The van der Waals surface area contributed by atoms with Crippen LogP contribution in [0.15, 0.2) is 24.3 Å². The van der Waals surface area contributed by atoms with Crippen molar-refractivity contribution >= 4 is 5.69 Å². The van der Waals surface area contributed by atoms with Gasteiger partial charge in [-0.3, -0.25) is 0 Å². The smallest absolute Gasteiger partial charge is 0.0807 e. The third-order valence-electron chi connectivity index (χ3n) is 3.08. The number of nitrogens with zero attached hydrogens (tertiary/aromatic N) is 2. The fourth-order valence-electron chi connectivity index (χ4n) is 2.08. The molecule has 3 heteroatoms. The van der Waals surface area contributed by atoms with Crippen LogP contribution in [0.25, 0.3) is 0 Å². The summed E-state index contributed by atoms with van der Waals surface area (Å²) in [5.74, 6) is 0. The molecule has 1 rings (SSSR count). The van der Waals surface area contributed by atoms with Gasteiger partial charge >= 0.3 is 0 Å². The summed E-state index contributed by atoms with van der Waals surface area (Å²) >= 11 is 0. The molecule has 1 aromatic carbocycles. The fraction of sp³-hybridized carbons (Fsp3) is 0.533. The van der Waals surface area contributed by atoms with E-state index in [1.807, 2.05) is 31.2 Å². The van der Waals surface area contributed by atoms with Crippen molar-refractivity contribution < 1.29 is 5.11 Å². The van der Waals surface area contributed by atoms with Crippen LogP contribution in [-0.2, 0) is 0 Å². The molecule has 0 aromatic heterocycles. The summed E-state index contributed by atoms with van der Waals surface area (Å²) in [5, 5.41) is 18.8. The van der Waals surface area contributed by atoms with E-state index in [1.165, 1.54) is 0 Å². The first-order valence-electron chi connectivity index (χ1n) is 6.52. The quantitative estimate of drug-likeness (QED) is 0.838. The Morgan fingerprint density at radius 1 is 1.33 bits per heavy atom. The summed E-state index contributed by atoms with van der Waals surface area (Å²) in [6.45, 7) is 6.87. The molecule has 0 saturated carbocycles. The Morgan fingerprint density at radius 2 is 2.00 bits per heavy atom. The number of hydrogen-bond donors (Lipinski definition) is 1.